The van der Waals surface area contributed by atoms with Crippen molar-refractivity contribution in [2.24, 2.45) is 0 Å². The van der Waals surface area contributed by atoms with E-state index in [0.29, 0.717) is 31.1 Å². The highest BCUT2D eigenvalue weighted by Crippen LogP contribution is 2.17. The molecule has 0 saturated carbocycles. The molecule has 94 valence electrons. The fourth-order valence-electron chi connectivity index (χ4n) is 1.42. The summed E-state index contributed by atoms with van der Waals surface area (Å²) in [5, 5.41) is 0. The molecule has 17 heavy (non-hydrogen) atoms. The van der Waals surface area contributed by atoms with Crippen LogP contribution in [0.15, 0.2) is 28.7 Å². The molecule has 0 aliphatic heterocycles. The van der Waals surface area contributed by atoms with Gasteiger partial charge in [-0.05, 0) is 28.1 Å². The molecule has 5 heteroatoms. The Morgan fingerprint density at radius 2 is 2.12 bits per heavy atom. The largest absolute Gasteiger partial charge is 0.383 e. The summed E-state index contributed by atoms with van der Waals surface area (Å²) in [6.07, 6.45) is 0. The Labute approximate surface area is 115 Å². The van der Waals surface area contributed by atoms with E-state index >= 15 is 0 Å². The predicted octanol–water partition coefficient (Wildman–Crippen LogP) is 2.78. The summed E-state index contributed by atoms with van der Waals surface area (Å²) in [5.41, 5.74) is 0.647. The lowest BCUT2D eigenvalue weighted by Crippen LogP contribution is -2.35. The van der Waals surface area contributed by atoms with Crippen molar-refractivity contribution < 1.29 is 9.53 Å². The second-order valence-corrected chi connectivity index (χ2v) is 4.69. The van der Waals surface area contributed by atoms with Gasteiger partial charge in [-0.3, -0.25) is 4.79 Å². The second-order valence-electron chi connectivity index (χ2n) is 3.45. The van der Waals surface area contributed by atoms with E-state index < -0.39 is 0 Å². The molecule has 0 aliphatic carbocycles. The van der Waals surface area contributed by atoms with Gasteiger partial charge in [0.15, 0.2) is 0 Å². The Hall–Kier alpha value is -0.580. The topological polar surface area (TPSA) is 29.5 Å². The van der Waals surface area contributed by atoms with Gasteiger partial charge in [-0.25, -0.2) is 0 Å². The molecule has 1 aromatic carbocycles. The van der Waals surface area contributed by atoms with Crippen molar-refractivity contribution in [3.8, 4) is 0 Å². The van der Waals surface area contributed by atoms with Gasteiger partial charge in [0.2, 0.25) is 0 Å². The van der Waals surface area contributed by atoms with E-state index in [2.05, 4.69) is 15.9 Å². The zero-order chi connectivity index (χ0) is 12.7. The van der Waals surface area contributed by atoms with Gasteiger partial charge in [0, 0.05) is 30.6 Å². The monoisotopic (exact) mass is 319 g/mol. The first-order valence-electron chi connectivity index (χ1n) is 5.29. The molecule has 0 aromatic heterocycles. The number of methoxy groups -OCH3 is 1. The van der Waals surface area contributed by atoms with Crippen LogP contribution < -0.4 is 0 Å². The van der Waals surface area contributed by atoms with Gasteiger partial charge in [-0.1, -0.05) is 12.1 Å². The second kappa shape index (κ2) is 7.69. The number of alkyl halides is 1. The van der Waals surface area contributed by atoms with Gasteiger partial charge in [0.1, 0.15) is 0 Å². The highest BCUT2D eigenvalue weighted by Gasteiger charge is 2.16. The number of hydrogen-bond donors (Lipinski definition) is 0. The van der Waals surface area contributed by atoms with Crippen LogP contribution in [0.1, 0.15) is 10.4 Å². The Balaban J connectivity index is 2.80. The van der Waals surface area contributed by atoms with Crippen LogP contribution in [0.5, 0.6) is 0 Å². The van der Waals surface area contributed by atoms with E-state index in [1.165, 1.54) is 0 Å². The molecule has 0 bridgehead atoms. The standard InChI is InChI=1S/C12H15BrClNO2/c1-17-9-8-15(7-6-14)12(16)10-4-2-3-5-11(10)13/h2-5H,6-9H2,1H3. The van der Waals surface area contributed by atoms with Crippen LogP contribution in [-0.4, -0.2) is 43.5 Å². The van der Waals surface area contributed by atoms with Crippen LogP contribution >= 0.6 is 27.5 Å². The van der Waals surface area contributed by atoms with E-state index in [1.54, 1.807) is 18.1 Å². The Bertz CT molecular complexity index is 373. The molecule has 0 saturated heterocycles. The summed E-state index contributed by atoms with van der Waals surface area (Å²) < 4.78 is 5.78. The summed E-state index contributed by atoms with van der Waals surface area (Å²) in [5.74, 6) is 0.384. The maximum Gasteiger partial charge on any atom is 0.255 e. The van der Waals surface area contributed by atoms with Gasteiger partial charge in [0.05, 0.1) is 12.2 Å². The molecule has 0 atom stereocenters. The predicted molar refractivity (Wildman–Crippen MR) is 72.6 cm³/mol. The average molecular weight is 321 g/mol. The SMILES string of the molecule is COCCN(CCCl)C(=O)c1ccccc1Br. The fraction of sp³-hybridized carbons (Fsp3) is 0.417. The molecule has 0 aliphatic rings. The number of carbonyl (C=O) groups is 1. The minimum Gasteiger partial charge on any atom is -0.383 e. The van der Waals surface area contributed by atoms with Crippen LogP contribution in [0, 0.1) is 0 Å². The van der Waals surface area contributed by atoms with Gasteiger partial charge in [-0.2, -0.15) is 0 Å². The van der Waals surface area contributed by atoms with Gasteiger partial charge in [-0.15, -0.1) is 11.6 Å². The molecule has 1 amide bonds. The summed E-state index contributed by atoms with van der Waals surface area (Å²) in [6, 6.07) is 7.36. The third-order valence-corrected chi connectivity index (χ3v) is 3.17. The normalized spacial score (nSPS) is 10.3. The number of amides is 1. The first-order chi connectivity index (χ1) is 8.20. The maximum atomic E-state index is 12.2. The molecule has 3 nitrogen and oxygen atoms in total. The molecule has 1 aromatic rings. The number of rotatable bonds is 6. The first-order valence-corrected chi connectivity index (χ1v) is 6.62. The van der Waals surface area contributed by atoms with E-state index in [-0.39, 0.29) is 5.91 Å². The Kier molecular flexibility index (Phi) is 6.55. The number of ether oxygens (including phenoxy) is 1. The fourth-order valence-corrected chi connectivity index (χ4v) is 2.08. The van der Waals surface area contributed by atoms with Crippen molar-refractivity contribution in [1.29, 1.82) is 0 Å². The van der Waals surface area contributed by atoms with Crippen molar-refractivity contribution in [3.63, 3.8) is 0 Å². The number of nitrogens with zero attached hydrogens (tertiary/aromatic N) is 1. The Morgan fingerprint density at radius 1 is 1.41 bits per heavy atom. The lowest BCUT2D eigenvalue weighted by Gasteiger charge is -2.21. The number of hydrogen-bond acceptors (Lipinski definition) is 2. The third kappa shape index (κ3) is 4.30. The summed E-state index contributed by atoms with van der Waals surface area (Å²) >= 11 is 9.07. The van der Waals surface area contributed by atoms with Crippen molar-refractivity contribution in [1.82, 2.24) is 4.90 Å². The number of benzene rings is 1. The highest BCUT2D eigenvalue weighted by molar-refractivity contribution is 9.10. The van der Waals surface area contributed by atoms with Crippen molar-refractivity contribution in [3.05, 3.63) is 34.3 Å². The molecule has 0 spiro atoms. The minimum absolute atomic E-state index is 0.0322. The summed E-state index contributed by atoms with van der Waals surface area (Å²) in [4.78, 5) is 13.9. The van der Waals surface area contributed by atoms with Gasteiger partial charge in [0.25, 0.3) is 5.91 Å². The van der Waals surface area contributed by atoms with Crippen LogP contribution in [0.4, 0.5) is 0 Å². The van der Waals surface area contributed by atoms with Gasteiger partial charge >= 0.3 is 0 Å². The zero-order valence-corrected chi connectivity index (χ0v) is 12.0. The molecule has 0 unspecified atom stereocenters. The molecule has 1 rings (SSSR count). The first kappa shape index (κ1) is 14.5. The zero-order valence-electron chi connectivity index (χ0n) is 9.66. The Morgan fingerprint density at radius 3 is 2.71 bits per heavy atom. The van der Waals surface area contributed by atoms with Crippen LogP contribution in [-0.2, 0) is 4.74 Å². The minimum atomic E-state index is -0.0322. The van der Waals surface area contributed by atoms with E-state index in [4.69, 9.17) is 16.3 Å². The van der Waals surface area contributed by atoms with E-state index in [9.17, 15) is 4.79 Å². The summed E-state index contributed by atoms with van der Waals surface area (Å²) in [6.45, 7) is 1.57. The summed E-state index contributed by atoms with van der Waals surface area (Å²) in [7, 11) is 1.61. The van der Waals surface area contributed by atoms with Crippen LogP contribution in [0.2, 0.25) is 0 Å². The molecular weight excluding hydrogens is 305 g/mol. The lowest BCUT2D eigenvalue weighted by molar-refractivity contribution is 0.0707. The highest BCUT2D eigenvalue weighted by atomic mass is 79.9. The molecule has 0 N–H and O–H groups in total. The van der Waals surface area contributed by atoms with Gasteiger partial charge < -0.3 is 9.64 Å². The average Bonchev–Trinajstić information content (AvgIpc) is 2.34. The maximum absolute atomic E-state index is 12.2. The van der Waals surface area contributed by atoms with Crippen molar-refractivity contribution in [2.75, 3.05) is 32.7 Å². The third-order valence-electron chi connectivity index (χ3n) is 2.31. The van der Waals surface area contributed by atoms with Crippen molar-refractivity contribution in [2.45, 2.75) is 0 Å². The number of carbonyl (C=O) groups excluding carboxylic acids is 1. The molecular formula is C12H15BrClNO2. The van der Waals surface area contributed by atoms with E-state index in [1.807, 2.05) is 18.2 Å². The van der Waals surface area contributed by atoms with Crippen LogP contribution in [0.3, 0.4) is 0 Å². The lowest BCUT2D eigenvalue weighted by atomic mass is 10.2. The van der Waals surface area contributed by atoms with Crippen molar-refractivity contribution >= 4 is 33.4 Å². The van der Waals surface area contributed by atoms with E-state index in [0.717, 1.165) is 4.47 Å². The molecule has 0 fully saturated rings. The van der Waals surface area contributed by atoms with Crippen LogP contribution in [0.25, 0.3) is 0 Å². The quantitative estimate of drug-likeness (QED) is 0.754. The number of halogens is 2. The molecule has 0 heterocycles. The smallest absolute Gasteiger partial charge is 0.255 e. The molecule has 0 radical (unpaired) electrons.